The van der Waals surface area contributed by atoms with Crippen LogP contribution in [0.25, 0.3) is 0 Å². The summed E-state index contributed by atoms with van der Waals surface area (Å²) in [4.78, 5) is 11.9. The number of aromatic nitrogens is 2. The molecule has 0 amide bonds. The van der Waals surface area contributed by atoms with E-state index in [-0.39, 0.29) is 12.3 Å². The van der Waals surface area contributed by atoms with Crippen molar-refractivity contribution in [2.45, 2.75) is 13.5 Å². The molecule has 0 saturated heterocycles. The number of Topliss-reactive ketones (excluding diaryl/α,β-unsaturated/α-hetero) is 1. The third-order valence-electron chi connectivity index (χ3n) is 2.15. The molecule has 2 aromatic heterocycles. The third kappa shape index (κ3) is 2.83. The first-order valence-electron chi connectivity index (χ1n) is 4.65. The lowest BCUT2D eigenvalue weighted by Gasteiger charge is -1.99. The zero-order valence-electron chi connectivity index (χ0n) is 8.71. The molecule has 3 nitrogen and oxygen atoms in total. The molecule has 2 aromatic rings. The van der Waals surface area contributed by atoms with Gasteiger partial charge in [0.1, 0.15) is 10.9 Å². The number of thiophene rings is 1. The van der Waals surface area contributed by atoms with Crippen LogP contribution in [-0.2, 0) is 6.54 Å². The average Bonchev–Trinajstić information content (AvgIpc) is 2.71. The number of nitrogens with zero attached hydrogens (tertiary/aromatic N) is 2. The van der Waals surface area contributed by atoms with Crippen molar-refractivity contribution in [3.8, 4) is 0 Å². The molecule has 0 unspecified atom stereocenters. The summed E-state index contributed by atoms with van der Waals surface area (Å²) >= 11 is 18.7. The number of aryl methyl sites for hydroxylation is 1. The molecule has 0 aliphatic carbocycles. The van der Waals surface area contributed by atoms with E-state index in [0.717, 1.165) is 0 Å². The summed E-state index contributed by atoms with van der Waals surface area (Å²) in [5.74, 6) is -0.141. The van der Waals surface area contributed by atoms with E-state index in [4.69, 9.17) is 34.8 Å². The Morgan fingerprint density at radius 1 is 1.47 bits per heavy atom. The van der Waals surface area contributed by atoms with Crippen molar-refractivity contribution in [2.24, 2.45) is 0 Å². The maximum absolute atomic E-state index is 11.9. The number of carbonyl (C=O) groups excluding carboxylic acids is 1. The summed E-state index contributed by atoms with van der Waals surface area (Å²) in [5.41, 5.74) is 1.11. The Morgan fingerprint density at radius 3 is 2.65 bits per heavy atom. The maximum Gasteiger partial charge on any atom is 0.186 e. The average molecular weight is 310 g/mol. The van der Waals surface area contributed by atoms with Crippen molar-refractivity contribution in [1.29, 1.82) is 0 Å². The highest BCUT2D eigenvalue weighted by molar-refractivity contribution is 7.20. The predicted molar refractivity (Wildman–Crippen MR) is 70.6 cm³/mol. The van der Waals surface area contributed by atoms with Gasteiger partial charge in [0.25, 0.3) is 0 Å². The Hall–Kier alpha value is -0.550. The number of rotatable bonds is 3. The van der Waals surface area contributed by atoms with Gasteiger partial charge in [0.05, 0.1) is 20.6 Å². The molecular weight excluding hydrogens is 303 g/mol. The highest BCUT2D eigenvalue weighted by atomic mass is 35.5. The number of halogens is 3. The van der Waals surface area contributed by atoms with Crippen molar-refractivity contribution in [1.82, 2.24) is 9.78 Å². The molecule has 90 valence electrons. The molecular formula is C10H7Cl3N2OS. The molecule has 0 radical (unpaired) electrons. The summed E-state index contributed by atoms with van der Waals surface area (Å²) in [6, 6.07) is 1.56. The molecule has 17 heavy (non-hydrogen) atoms. The molecule has 2 heterocycles. The van der Waals surface area contributed by atoms with Crippen LogP contribution < -0.4 is 0 Å². The molecule has 7 heteroatoms. The van der Waals surface area contributed by atoms with Gasteiger partial charge in [-0.1, -0.05) is 34.8 Å². The lowest BCUT2D eigenvalue weighted by Crippen LogP contribution is -2.10. The summed E-state index contributed by atoms with van der Waals surface area (Å²) in [5, 5.41) is 4.64. The zero-order valence-corrected chi connectivity index (χ0v) is 11.8. The Morgan fingerprint density at radius 2 is 2.18 bits per heavy atom. The van der Waals surface area contributed by atoms with Gasteiger partial charge in [0, 0.05) is 6.20 Å². The summed E-state index contributed by atoms with van der Waals surface area (Å²) in [6.07, 6.45) is 1.61. The van der Waals surface area contributed by atoms with E-state index in [2.05, 4.69) is 5.10 Å². The second-order valence-corrected chi connectivity index (χ2v) is 6.11. The van der Waals surface area contributed by atoms with Gasteiger partial charge in [0.15, 0.2) is 5.78 Å². The molecule has 0 aliphatic rings. The van der Waals surface area contributed by atoms with E-state index in [9.17, 15) is 4.79 Å². The molecule has 0 aliphatic heterocycles. The van der Waals surface area contributed by atoms with Gasteiger partial charge in [0.2, 0.25) is 0 Å². The summed E-state index contributed by atoms with van der Waals surface area (Å²) < 4.78 is 2.38. The van der Waals surface area contributed by atoms with Crippen LogP contribution in [0.4, 0.5) is 0 Å². The fourth-order valence-corrected chi connectivity index (χ4v) is 2.99. The Bertz CT molecular complexity index is 557. The number of carbonyl (C=O) groups is 1. The summed E-state index contributed by atoms with van der Waals surface area (Å²) in [7, 11) is 0. The van der Waals surface area contributed by atoms with Crippen molar-refractivity contribution in [3.63, 3.8) is 0 Å². The van der Waals surface area contributed by atoms with Crippen LogP contribution in [0.1, 0.15) is 16.1 Å². The quantitative estimate of drug-likeness (QED) is 0.800. The lowest BCUT2D eigenvalue weighted by molar-refractivity contribution is 0.0968. The largest absolute Gasteiger partial charge is 0.292 e. The minimum atomic E-state index is -0.141. The van der Waals surface area contributed by atoms with E-state index >= 15 is 0 Å². The Labute approximate surface area is 117 Å². The van der Waals surface area contributed by atoms with Crippen molar-refractivity contribution in [2.75, 3.05) is 0 Å². The van der Waals surface area contributed by atoms with Gasteiger partial charge in [-0.15, -0.1) is 11.3 Å². The van der Waals surface area contributed by atoms with Crippen LogP contribution >= 0.6 is 46.1 Å². The van der Waals surface area contributed by atoms with Crippen LogP contribution in [-0.4, -0.2) is 15.6 Å². The van der Waals surface area contributed by atoms with E-state index in [1.807, 2.05) is 0 Å². The van der Waals surface area contributed by atoms with Crippen molar-refractivity contribution >= 4 is 51.9 Å². The molecule has 2 rings (SSSR count). The first-order valence-corrected chi connectivity index (χ1v) is 6.60. The fourth-order valence-electron chi connectivity index (χ4n) is 1.34. The van der Waals surface area contributed by atoms with Gasteiger partial charge >= 0.3 is 0 Å². The van der Waals surface area contributed by atoms with Crippen LogP contribution in [0.15, 0.2) is 12.3 Å². The van der Waals surface area contributed by atoms with Gasteiger partial charge in [-0.25, -0.2) is 0 Å². The second-order valence-electron chi connectivity index (χ2n) is 3.42. The highest BCUT2D eigenvalue weighted by Crippen LogP contribution is 2.31. The van der Waals surface area contributed by atoms with E-state index in [0.29, 0.717) is 25.0 Å². The van der Waals surface area contributed by atoms with E-state index in [1.54, 1.807) is 19.2 Å². The van der Waals surface area contributed by atoms with Crippen LogP contribution in [0.3, 0.4) is 0 Å². The molecule has 0 bridgehead atoms. The molecule has 0 saturated carbocycles. The van der Waals surface area contributed by atoms with Gasteiger partial charge in [-0.3, -0.25) is 9.48 Å². The Balaban J connectivity index is 2.19. The number of ketones is 1. The third-order valence-corrected chi connectivity index (χ3v) is 4.01. The van der Waals surface area contributed by atoms with E-state index in [1.165, 1.54) is 16.0 Å². The first kappa shape index (κ1) is 12.9. The molecule has 0 spiro atoms. The minimum absolute atomic E-state index is 0.0976. The number of hydrogen-bond acceptors (Lipinski definition) is 3. The van der Waals surface area contributed by atoms with Crippen molar-refractivity contribution in [3.05, 3.63) is 37.2 Å². The molecule has 0 N–H and O–H groups in total. The predicted octanol–water partition coefficient (Wildman–Crippen LogP) is 4.10. The monoisotopic (exact) mass is 308 g/mol. The fraction of sp³-hybridized carbons (Fsp3) is 0.200. The standard InChI is InChI=1S/C10H7Cl3N2OS/c1-5-7(11)3-15(14-5)4-8(16)6-2-9(12)17-10(6)13/h2-3H,4H2,1H3. The van der Waals surface area contributed by atoms with Gasteiger partial charge in [-0.2, -0.15) is 5.10 Å². The van der Waals surface area contributed by atoms with Crippen LogP contribution in [0.2, 0.25) is 13.7 Å². The van der Waals surface area contributed by atoms with Crippen LogP contribution in [0, 0.1) is 6.92 Å². The normalized spacial score (nSPS) is 10.8. The van der Waals surface area contributed by atoms with Gasteiger partial charge in [-0.05, 0) is 13.0 Å². The van der Waals surface area contributed by atoms with Crippen molar-refractivity contribution < 1.29 is 4.79 Å². The molecule has 0 atom stereocenters. The van der Waals surface area contributed by atoms with Gasteiger partial charge < -0.3 is 0 Å². The maximum atomic E-state index is 11.9. The lowest BCUT2D eigenvalue weighted by atomic mass is 10.2. The topological polar surface area (TPSA) is 34.9 Å². The Kier molecular flexibility index (Phi) is 3.78. The number of hydrogen-bond donors (Lipinski definition) is 0. The smallest absolute Gasteiger partial charge is 0.186 e. The van der Waals surface area contributed by atoms with Crippen LogP contribution in [0.5, 0.6) is 0 Å². The van der Waals surface area contributed by atoms with E-state index < -0.39 is 0 Å². The highest BCUT2D eigenvalue weighted by Gasteiger charge is 2.15. The summed E-state index contributed by atoms with van der Waals surface area (Å²) in [6.45, 7) is 1.87. The SMILES string of the molecule is Cc1nn(CC(=O)c2cc(Cl)sc2Cl)cc1Cl. The minimum Gasteiger partial charge on any atom is -0.292 e. The molecule has 0 aromatic carbocycles. The molecule has 0 fully saturated rings. The zero-order chi connectivity index (χ0) is 12.6. The second kappa shape index (κ2) is 4.98. The first-order chi connectivity index (χ1) is 7.97.